The lowest BCUT2D eigenvalue weighted by atomic mass is 10.00. The van der Waals surface area contributed by atoms with Crippen molar-refractivity contribution in [1.82, 2.24) is 14.8 Å². The number of methoxy groups -OCH3 is 1. The molecule has 0 saturated heterocycles. The molecule has 7 nitrogen and oxygen atoms in total. The molecular formula is C22H28N4O3. The first kappa shape index (κ1) is 20.6. The van der Waals surface area contributed by atoms with E-state index >= 15 is 0 Å². The van der Waals surface area contributed by atoms with E-state index in [1.807, 2.05) is 52.9 Å². The summed E-state index contributed by atoms with van der Waals surface area (Å²) in [4.78, 5) is 17.3. The van der Waals surface area contributed by atoms with Crippen LogP contribution in [-0.2, 0) is 18.3 Å². The first-order valence-electron chi connectivity index (χ1n) is 9.75. The molecule has 0 aliphatic rings. The van der Waals surface area contributed by atoms with Crippen molar-refractivity contribution in [3.63, 3.8) is 0 Å². The lowest BCUT2D eigenvalue weighted by Crippen LogP contribution is -2.14. The number of aromatic nitrogens is 3. The SMILES string of the molecule is CCOc1cc(C)ccc1NC(=O)CCc1c(C)nc2c(c(OC)nn2C)c1C. The first-order valence-corrected chi connectivity index (χ1v) is 9.75. The maximum Gasteiger partial charge on any atom is 0.242 e. The van der Waals surface area contributed by atoms with Crippen LogP contribution in [-0.4, -0.2) is 34.4 Å². The number of carbonyl (C=O) groups excluding carboxylic acids is 1. The number of carbonyl (C=O) groups is 1. The smallest absolute Gasteiger partial charge is 0.242 e. The average molecular weight is 396 g/mol. The zero-order valence-corrected chi connectivity index (χ0v) is 17.9. The fourth-order valence-corrected chi connectivity index (χ4v) is 3.57. The zero-order chi connectivity index (χ0) is 21.1. The predicted octanol–water partition coefficient (Wildman–Crippen LogP) is 3.87. The van der Waals surface area contributed by atoms with Crippen LogP contribution in [0.4, 0.5) is 5.69 Å². The Morgan fingerprint density at radius 1 is 1.24 bits per heavy atom. The molecule has 154 valence electrons. The molecule has 0 bridgehead atoms. The van der Waals surface area contributed by atoms with Gasteiger partial charge in [0.25, 0.3) is 0 Å². The number of anilines is 1. The van der Waals surface area contributed by atoms with Crippen LogP contribution >= 0.6 is 0 Å². The maximum atomic E-state index is 12.6. The highest BCUT2D eigenvalue weighted by atomic mass is 16.5. The van der Waals surface area contributed by atoms with Gasteiger partial charge in [-0.3, -0.25) is 4.79 Å². The molecule has 0 spiro atoms. The highest BCUT2D eigenvalue weighted by molar-refractivity contribution is 5.93. The number of amides is 1. The Bertz CT molecular complexity index is 1060. The highest BCUT2D eigenvalue weighted by Crippen LogP contribution is 2.31. The number of rotatable bonds is 7. The molecule has 0 unspecified atom stereocenters. The van der Waals surface area contributed by atoms with Gasteiger partial charge in [0.05, 0.1) is 24.8 Å². The number of ether oxygens (including phenoxy) is 2. The number of pyridine rings is 1. The summed E-state index contributed by atoms with van der Waals surface area (Å²) in [5, 5.41) is 8.24. The Kier molecular flexibility index (Phi) is 6.06. The second-order valence-electron chi connectivity index (χ2n) is 7.11. The Hall–Kier alpha value is -3.09. The van der Waals surface area contributed by atoms with Gasteiger partial charge in [0.15, 0.2) is 5.65 Å². The highest BCUT2D eigenvalue weighted by Gasteiger charge is 2.18. The summed E-state index contributed by atoms with van der Waals surface area (Å²) in [7, 11) is 3.45. The fraction of sp³-hybridized carbons (Fsp3) is 0.409. The third-order valence-electron chi connectivity index (χ3n) is 5.03. The standard InChI is InChI=1S/C22H28N4O3/c1-7-29-18-12-13(2)8-10-17(18)24-19(27)11-9-16-14(3)20-21(23-15(16)4)26(5)25-22(20)28-6/h8,10,12H,7,9,11H2,1-6H3,(H,24,27). The molecule has 7 heteroatoms. The quantitative estimate of drug-likeness (QED) is 0.656. The van der Waals surface area contributed by atoms with Crippen LogP contribution < -0.4 is 14.8 Å². The number of nitrogens with one attached hydrogen (secondary N) is 1. The molecule has 2 heterocycles. The van der Waals surface area contributed by atoms with E-state index in [2.05, 4.69) is 15.4 Å². The normalized spacial score (nSPS) is 11.0. The van der Waals surface area contributed by atoms with E-state index in [1.54, 1.807) is 11.8 Å². The van der Waals surface area contributed by atoms with Gasteiger partial charge in [0, 0.05) is 19.2 Å². The van der Waals surface area contributed by atoms with Gasteiger partial charge >= 0.3 is 0 Å². The largest absolute Gasteiger partial charge is 0.492 e. The minimum absolute atomic E-state index is 0.0631. The summed E-state index contributed by atoms with van der Waals surface area (Å²) < 4.78 is 12.8. The first-order chi connectivity index (χ1) is 13.8. The van der Waals surface area contributed by atoms with E-state index in [0.717, 1.165) is 33.4 Å². The molecule has 0 fully saturated rings. The van der Waals surface area contributed by atoms with Crippen molar-refractivity contribution in [2.24, 2.45) is 7.05 Å². The third kappa shape index (κ3) is 4.18. The predicted molar refractivity (Wildman–Crippen MR) is 114 cm³/mol. The Balaban J connectivity index is 1.80. The number of hydrogen-bond acceptors (Lipinski definition) is 5. The Morgan fingerprint density at radius 3 is 2.69 bits per heavy atom. The van der Waals surface area contributed by atoms with E-state index in [0.29, 0.717) is 36.8 Å². The van der Waals surface area contributed by atoms with Crippen molar-refractivity contribution < 1.29 is 14.3 Å². The van der Waals surface area contributed by atoms with Crippen LogP contribution in [0.1, 0.15) is 35.7 Å². The topological polar surface area (TPSA) is 78.3 Å². The van der Waals surface area contributed by atoms with Gasteiger partial charge in [-0.25, -0.2) is 9.67 Å². The summed E-state index contributed by atoms with van der Waals surface area (Å²) in [5.41, 5.74) is 5.56. The maximum absolute atomic E-state index is 12.6. The third-order valence-corrected chi connectivity index (χ3v) is 5.03. The number of aryl methyl sites for hydroxylation is 4. The number of nitrogens with zero attached hydrogens (tertiary/aromatic N) is 3. The summed E-state index contributed by atoms with van der Waals surface area (Å²) in [6, 6.07) is 5.77. The molecule has 0 aliphatic carbocycles. The van der Waals surface area contributed by atoms with Crippen LogP contribution in [0.5, 0.6) is 11.6 Å². The minimum atomic E-state index is -0.0631. The Labute approximate surface area is 171 Å². The van der Waals surface area contributed by atoms with Crippen molar-refractivity contribution in [2.75, 3.05) is 19.0 Å². The van der Waals surface area contributed by atoms with E-state index < -0.39 is 0 Å². The molecule has 29 heavy (non-hydrogen) atoms. The molecule has 0 atom stereocenters. The second kappa shape index (κ2) is 8.51. The molecule has 1 N–H and O–H groups in total. The number of hydrogen-bond donors (Lipinski definition) is 1. The van der Waals surface area contributed by atoms with Crippen molar-refractivity contribution >= 4 is 22.6 Å². The van der Waals surface area contributed by atoms with Gasteiger partial charge in [-0.1, -0.05) is 6.07 Å². The molecule has 2 aromatic heterocycles. The molecule has 1 amide bonds. The molecule has 3 aromatic rings. The van der Waals surface area contributed by atoms with Crippen LogP contribution in [0.3, 0.4) is 0 Å². The van der Waals surface area contributed by atoms with E-state index in [1.165, 1.54) is 0 Å². The number of benzene rings is 1. The molecule has 0 saturated carbocycles. The van der Waals surface area contributed by atoms with Gasteiger partial charge in [0.2, 0.25) is 11.8 Å². The van der Waals surface area contributed by atoms with Crippen LogP contribution in [0.15, 0.2) is 18.2 Å². The van der Waals surface area contributed by atoms with Crippen LogP contribution in [0, 0.1) is 20.8 Å². The van der Waals surface area contributed by atoms with E-state index in [9.17, 15) is 4.79 Å². The lowest BCUT2D eigenvalue weighted by Gasteiger charge is -2.14. The van der Waals surface area contributed by atoms with Crippen molar-refractivity contribution in [3.05, 3.63) is 40.6 Å². The molecule has 3 rings (SSSR count). The molecule has 1 aromatic carbocycles. The molecular weight excluding hydrogens is 368 g/mol. The lowest BCUT2D eigenvalue weighted by molar-refractivity contribution is -0.116. The van der Waals surface area contributed by atoms with Crippen molar-refractivity contribution in [3.8, 4) is 11.6 Å². The van der Waals surface area contributed by atoms with Crippen LogP contribution in [0.2, 0.25) is 0 Å². The Morgan fingerprint density at radius 2 is 2.00 bits per heavy atom. The van der Waals surface area contributed by atoms with E-state index in [4.69, 9.17) is 9.47 Å². The van der Waals surface area contributed by atoms with Crippen molar-refractivity contribution in [2.45, 2.75) is 40.5 Å². The monoisotopic (exact) mass is 396 g/mol. The van der Waals surface area contributed by atoms with Gasteiger partial charge < -0.3 is 14.8 Å². The average Bonchev–Trinajstić information content (AvgIpc) is 3.00. The van der Waals surface area contributed by atoms with Gasteiger partial charge in [0.1, 0.15) is 5.75 Å². The molecule has 0 radical (unpaired) electrons. The van der Waals surface area contributed by atoms with Crippen molar-refractivity contribution in [1.29, 1.82) is 0 Å². The summed E-state index contributed by atoms with van der Waals surface area (Å²) in [6.07, 6.45) is 0.928. The number of fused-ring (bicyclic) bond motifs is 1. The van der Waals surface area contributed by atoms with Gasteiger partial charge in [-0.2, -0.15) is 0 Å². The fourth-order valence-electron chi connectivity index (χ4n) is 3.57. The van der Waals surface area contributed by atoms with Gasteiger partial charge in [-0.15, -0.1) is 5.10 Å². The van der Waals surface area contributed by atoms with E-state index in [-0.39, 0.29) is 5.91 Å². The zero-order valence-electron chi connectivity index (χ0n) is 17.9. The summed E-state index contributed by atoms with van der Waals surface area (Å²) in [6.45, 7) is 8.46. The molecule has 0 aliphatic heterocycles. The second-order valence-corrected chi connectivity index (χ2v) is 7.11. The summed E-state index contributed by atoms with van der Waals surface area (Å²) in [5.74, 6) is 1.18. The van der Waals surface area contributed by atoms with Gasteiger partial charge in [-0.05, 0) is 62.9 Å². The minimum Gasteiger partial charge on any atom is -0.492 e. The summed E-state index contributed by atoms with van der Waals surface area (Å²) >= 11 is 0. The van der Waals surface area contributed by atoms with Crippen LogP contribution in [0.25, 0.3) is 11.0 Å².